The van der Waals surface area contributed by atoms with Crippen molar-refractivity contribution in [3.8, 4) is 5.75 Å². The standard InChI is InChI=1S/C24H40O/c1-4-6-7-8-9-11-20(3)25-24-18-16-23(17-19-24)22-14-12-21(10-5-2)13-15-22/h16-22H,4-15H2,1-3H3. The molecule has 0 saturated heterocycles. The number of hydrogen-bond acceptors (Lipinski definition) is 1. The van der Waals surface area contributed by atoms with E-state index < -0.39 is 0 Å². The summed E-state index contributed by atoms with van der Waals surface area (Å²) in [5.41, 5.74) is 1.52. The van der Waals surface area contributed by atoms with Crippen LogP contribution in [-0.2, 0) is 0 Å². The van der Waals surface area contributed by atoms with Crippen molar-refractivity contribution >= 4 is 0 Å². The Hall–Kier alpha value is -0.980. The van der Waals surface area contributed by atoms with Gasteiger partial charge in [-0.25, -0.2) is 0 Å². The third-order valence-electron chi connectivity index (χ3n) is 5.95. The zero-order valence-electron chi connectivity index (χ0n) is 16.9. The number of ether oxygens (including phenoxy) is 1. The largest absolute Gasteiger partial charge is 0.491 e. The molecular weight excluding hydrogens is 304 g/mol. The fourth-order valence-corrected chi connectivity index (χ4v) is 4.34. The van der Waals surface area contributed by atoms with Crippen LogP contribution < -0.4 is 4.74 Å². The van der Waals surface area contributed by atoms with Gasteiger partial charge < -0.3 is 4.74 Å². The van der Waals surface area contributed by atoms with Crippen molar-refractivity contribution in [3.63, 3.8) is 0 Å². The first-order chi connectivity index (χ1) is 12.2. The van der Waals surface area contributed by atoms with Gasteiger partial charge in [0, 0.05) is 0 Å². The van der Waals surface area contributed by atoms with E-state index >= 15 is 0 Å². The molecule has 0 N–H and O–H groups in total. The van der Waals surface area contributed by atoms with Crippen molar-refractivity contribution in [1.29, 1.82) is 0 Å². The summed E-state index contributed by atoms with van der Waals surface area (Å²) < 4.78 is 6.11. The van der Waals surface area contributed by atoms with E-state index in [1.165, 1.54) is 82.6 Å². The molecule has 1 aliphatic rings. The van der Waals surface area contributed by atoms with E-state index in [0.717, 1.165) is 17.6 Å². The molecule has 1 aliphatic carbocycles. The van der Waals surface area contributed by atoms with E-state index in [9.17, 15) is 0 Å². The summed E-state index contributed by atoms with van der Waals surface area (Å²) in [5, 5.41) is 0. The van der Waals surface area contributed by atoms with Crippen LogP contribution in [0.2, 0.25) is 0 Å². The minimum Gasteiger partial charge on any atom is -0.491 e. The Morgan fingerprint density at radius 3 is 2.20 bits per heavy atom. The summed E-state index contributed by atoms with van der Waals surface area (Å²) in [6.07, 6.45) is 16.6. The van der Waals surface area contributed by atoms with Gasteiger partial charge in [0.25, 0.3) is 0 Å². The molecule has 1 saturated carbocycles. The van der Waals surface area contributed by atoms with Gasteiger partial charge in [0.1, 0.15) is 5.75 Å². The molecule has 0 aliphatic heterocycles. The maximum absolute atomic E-state index is 6.11. The maximum Gasteiger partial charge on any atom is 0.119 e. The molecule has 0 aromatic heterocycles. The third-order valence-corrected chi connectivity index (χ3v) is 5.95. The quantitative estimate of drug-likeness (QED) is 0.371. The number of unbranched alkanes of at least 4 members (excludes halogenated alkanes) is 4. The van der Waals surface area contributed by atoms with Crippen molar-refractivity contribution in [2.75, 3.05) is 0 Å². The van der Waals surface area contributed by atoms with Crippen molar-refractivity contribution in [1.82, 2.24) is 0 Å². The smallest absolute Gasteiger partial charge is 0.119 e. The Labute approximate surface area is 156 Å². The molecule has 0 heterocycles. The van der Waals surface area contributed by atoms with Gasteiger partial charge in [-0.2, -0.15) is 0 Å². The average molecular weight is 345 g/mol. The van der Waals surface area contributed by atoms with Crippen molar-refractivity contribution in [2.24, 2.45) is 5.92 Å². The van der Waals surface area contributed by atoms with Crippen LogP contribution in [0.25, 0.3) is 0 Å². The molecule has 0 bridgehead atoms. The highest BCUT2D eigenvalue weighted by molar-refractivity contribution is 5.29. The zero-order valence-corrected chi connectivity index (χ0v) is 16.9. The lowest BCUT2D eigenvalue weighted by Gasteiger charge is -2.28. The lowest BCUT2D eigenvalue weighted by atomic mass is 9.77. The van der Waals surface area contributed by atoms with Crippen LogP contribution in [0.4, 0.5) is 0 Å². The lowest BCUT2D eigenvalue weighted by Crippen LogP contribution is -2.13. The Balaban J connectivity index is 1.71. The molecule has 0 radical (unpaired) electrons. The molecule has 1 aromatic carbocycles. The highest BCUT2D eigenvalue weighted by Gasteiger charge is 2.21. The van der Waals surface area contributed by atoms with Crippen molar-refractivity contribution < 1.29 is 4.74 Å². The van der Waals surface area contributed by atoms with Crippen LogP contribution in [0.3, 0.4) is 0 Å². The Morgan fingerprint density at radius 1 is 0.880 bits per heavy atom. The Morgan fingerprint density at radius 2 is 1.56 bits per heavy atom. The van der Waals surface area contributed by atoms with Crippen LogP contribution in [0.1, 0.15) is 109 Å². The lowest BCUT2D eigenvalue weighted by molar-refractivity contribution is 0.206. The SMILES string of the molecule is CCCCCCCC(C)Oc1ccc(C2CCC(CCC)CC2)cc1. The molecular formula is C24H40O. The fraction of sp³-hybridized carbons (Fsp3) is 0.750. The molecule has 142 valence electrons. The van der Waals surface area contributed by atoms with Gasteiger partial charge in [0.05, 0.1) is 6.10 Å². The monoisotopic (exact) mass is 344 g/mol. The molecule has 0 spiro atoms. The Kier molecular flexibility index (Phi) is 9.43. The Bertz CT molecular complexity index is 442. The van der Waals surface area contributed by atoms with Crippen LogP contribution in [0.15, 0.2) is 24.3 Å². The van der Waals surface area contributed by atoms with E-state index in [1.807, 2.05) is 0 Å². The van der Waals surface area contributed by atoms with Gasteiger partial charge in [-0.05, 0) is 75.0 Å². The van der Waals surface area contributed by atoms with Gasteiger partial charge in [-0.15, -0.1) is 0 Å². The van der Waals surface area contributed by atoms with Crippen LogP contribution in [0.5, 0.6) is 5.75 Å². The predicted octanol–water partition coefficient (Wildman–Crippen LogP) is 7.89. The second kappa shape index (κ2) is 11.6. The van der Waals surface area contributed by atoms with Gasteiger partial charge in [-0.3, -0.25) is 0 Å². The van der Waals surface area contributed by atoms with E-state index in [2.05, 4.69) is 45.0 Å². The second-order valence-corrected chi connectivity index (χ2v) is 8.21. The molecule has 2 rings (SSSR count). The summed E-state index contributed by atoms with van der Waals surface area (Å²) in [6.45, 7) is 6.80. The first-order valence-corrected chi connectivity index (χ1v) is 11.0. The summed E-state index contributed by atoms with van der Waals surface area (Å²) in [7, 11) is 0. The van der Waals surface area contributed by atoms with E-state index in [0.29, 0.717) is 6.10 Å². The van der Waals surface area contributed by atoms with Crippen LogP contribution >= 0.6 is 0 Å². The summed E-state index contributed by atoms with van der Waals surface area (Å²) in [6, 6.07) is 9.02. The summed E-state index contributed by atoms with van der Waals surface area (Å²) in [5.74, 6) is 2.81. The maximum atomic E-state index is 6.11. The highest BCUT2D eigenvalue weighted by atomic mass is 16.5. The van der Waals surface area contributed by atoms with Gasteiger partial charge in [-0.1, -0.05) is 64.5 Å². The topological polar surface area (TPSA) is 9.23 Å². The highest BCUT2D eigenvalue weighted by Crippen LogP contribution is 2.37. The van der Waals surface area contributed by atoms with Crippen LogP contribution in [0, 0.1) is 5.92 Å². The average Bonchev–Trinajstić information content (AvgIpc) is 2.63. The molecule has 1 heteroatoms. The second-order valence-electron chi connectivity index (χ2n) is 8.21. The number of hydrogen-bond donors (Lipinski definition) is 0. The first kappa shape index (κ1) is 20.3. The number of benzene rings is 1. The van der Waals surface area contributed by atoms with E-state index in [4.69, 9.17) is 4.74 Å². The molecule has 1 atom stereocenters. The molecule has 1 unspecified atom stereocenters. The summed E-state index contributed by atoms with van der Waals surface area (Å²) in [4.78, 5) is 0. The fourth-order valence-electron chi connectivity index (χ4n) is 4.34. The molecule has 1 fully saturated rings. The van der Waals surface area contributed by atoms with E-state index in [1.54, 1.807) is 0 Å². The minimum absolute atomic E-state index is 0.331. The number of rotatable bonds is 11. The molecule has 1 nitrogen and oxygen atoms in total. The molecule has 0 amide bonds. The normalized spacial score (nSPS) is 21.9. The minimum atomic E-state index is 0.331. The predicted molar refractivity (Wildman–Crippen MR) is 110 cm³/mol. The van der Waals surface area contributed by atoms with E-state index in [-0.39, 0.29) is 0 Å². The first-order valence-electron chi connectivity index (χ1n) is 11.0. The van der Waals surface area contributed by atoms with Crippen molar-refractivity contribution in [3.05, 3.63) is 29.8 Å². The zero-order chi connectivity index (χ0) is 17.9. The summed E-state index contributed by atoms with van der Waals surface area (Å²) >= 11 is 0. The molecule has 25 heavy (non-hydrogen) atoms. The third kappa shape index (κ3) is 7.42. The van der Waals surface area contributed by atoms with Crippen LogP contribution in [-0.4, -0.2) is 6.10 Å². The van der Waals surface area contributed by atoms with Crippen molar-refractivity contribution in [2.45, 2.75) is 110 Å². The van der Waals surface area contributed by atoms with Gasteiger partial charge >= 0.3 is 0 Å². The van der Waals surface area contributed by atoms with Gasteiger partial charge in [0.2, 0.25) is 0 Å². The van der Waals surface area contributed by atoms with Gasteiger partial charge in [0.15, 0.2) is 0 Å². The molecule has 1 aromatic rings.